The lowest BCUT2D eigenvalue weighted by Gasteiger charge is -1.75. The Hall–Kier alpha value is -0.960. The van der Waals surface area contributed by atoms with E-state index >= 15 is 0 Å². The van der Waals surface area contributed by atoms with E-state index in [4.69, 9.17) is 0 Å². The molecule has 0 bridgehead atoms. The second kappa shape index (κ2) is 2.37. The molecule has 0 N–H and O–H groups in total. The summed E-state index contributed by atoms with van der Waals surface area (Å²) in [4.78, 5) is 0. The summed E-state index contributed by atoms with van der Waals surface area (Å²) >= 11 is 0. The van der Waals surface area contributed by atoms with E-state index in [0.717, 1.165) is 12.0 Å². The van der Waals surface area contributed by atoms with Gasteiger partial charge in [0.05, 0.1) is 0 Å². The standard InChI is InChI=1S/C8H8/c1-2-5-8-6-3-4-7-8/h3,6-7H,4H2,1H3. The first kappa shape index (κ1) is 5.18. The van der Waals surface area contributed by atoms with E-state index in [-0.39, 0.29) is 0 Å². The van der Waals surface area contributed by atoms with Crippen molar-refractivity contribution in [3.63, 3.8) is 0 Å². The Morgan fingerprint density at radius 2 is 2.50 bits per heavy atom. The topological polar surface area (TPSA) is 0 Å². The van der Waals surface area contributed by atoms with Crippen molar-refractivity contribution in [2.24, 2.45) is 0 Å². The van der Waals surface area contributed by atoms with Gasteiger partial charge in [0.1, 0.15) is 0 Å². The van der Waals surface area contributed by atoms with Gasteiger partial charge in [-0.05, 0) is 13.3 Å². The molecule has 8 heavy (non-hydrogen) atoms. The van der Waals surface area contributed by atoms with Gasteiger partial charge in [-0.1, -0.05) is 24.1 Å². The van der Waals surface area contributed by atoms with Gasteiger partial charge in [0.15, 0.2) is 0 Å². The normalized spacial score (nSPS) is 14.9. The number of hydrogen-bond acceptors (Lipinski definition) is 0. The van der Waals surface area contributed by atoms with Crippen LogP contribution in [0.25, 0.3) is 0 Å². The quantitative estimate of drug-likeness (QED) is 0.412. The molecule has 0 saturated carbocycles. The number of hydrogen-bond donors (Lipinski definition) is 0. The minimum Gasteiger partial charge on any atom is -0.101 e. The maximum atomic E-state index is 2.97. The van der Waals surface area contributed by atoms with Crippen LogP contribution in [-0.2, 0) is 0 Å². The maximum Gasteiger partial charge on any atom is 0.0205 e. The second-order valence-corrected chi connectivity index (χ2v) is 1.67. The molecule has 0 amide bonds. The SMILES string of the molecule is CC#CC1=CCC=C1. The Kier molecular flexibility index (Phi) is 1.54. The highest BCUT2D eigenvalue weighted by molar-refractivity contribution is 5.41. The molecule has 0 spiro atoms. The first-order valence-electron chi connectivity index (χ1n) is 2.73. The van der Waals surface area contributed by atoms with Crippen molar-refractivity contribution >= 4 is 0 Å². The van der Waals surface area contributed by atoms with Crippen LogP contribution in [0.3, 0.4) is 0 Å². The molecule has 0 aliphatic heterocycles. The van der Waals surface area contributed by atoms with Crippen molar-refractivity contribution in [3.8, 4) is 11.8 Å². The van der Waals surface area contributed by atoms with Gasteiger partial charge in [-0.15, -0.1) is 5.92 Å². The van der Waals surface area contributed by atoms with Gasteiger partial charge in [0, 0.05) is 5.57 Å². The molecule has 40 valence electrons. The zero-order chi connectivity index (χ0) is 5.82. The highest BCUT2D eigenvalue weighted by Crippen LogP contribution is 2.05. The van der Waals surface area contributed by atoms with Crippen LogP contribution in [0.5, 0.6) is 0 Å². The molecule has 0 aromatic carbocycles. The molecular formula is C8H8. The third kappa shape index (κ3) is 1.01. The minimum absolute atomic E-state index is 1.06. The third-order valence-corrected chi connectivity index (χ3v) is 1.04. The predicted molar refractivity (Wildman–Crippen MR) is 35.3 cm³/mol. The molecule has 1 aliphatic rings. The lowest BCUT2D eigenvalue weighted by atomic mass is 10.3. The maximum absolute atomic E-state index is 2.97. The van der Waals surface area contributed by atoms with Crippen LogP contribution in [0.15, 0.2) is 23.8 Å². The van der Waals surface area contributed by atoms with Crippen LogP contribution in [0.4, 0.5) is 0 Å². The Bertz CT molecular complexity index is 184. The first-order valence-corrected chi connectivity index (χ1v) is 2.73. The Labute approximate surface area is 49.9 Å². The molecule has 1 aliphatic carbocycles. The monoisotopic (exact) mass is 104 g/mol. The van der Waals surface area contributed by atoms with Crippen LogP contribution in [0.1, 0.15) is 13.3 Å². The average Bonchev–Trinajstić information content (AvgIpc) is 2.19. The van der Waals surface area contributed by atoms with E-state index in [1.807, 2.05) is 6.92 Å². The van der Waals surface area contributed by atoms with E-state index in [1.165, 1.54) is 0 Å². The fourth-order valence-electron chi connectivity index (χ4n) is 0.695. The fraction of sp³-hybridized carbons (Fsp3) is 0.250. The molecule has 0 aromatic rings. The van der Waals surface area contributed by atoms with Gasteiger partial charge < -0.3 is 0 Å². The van der Waals surface area contributed by atoms with Crippen molar-refractivity contribution < 1.29 is 0 Å². The Balaban J connectivity index is 2.68. The molecule has 0 radical (unpaired) electrons. The molecule has 0 atom stereocenters. The zero-order valence-electron chi connectivity index (χ0n) is 4.94. The van der Waals surface area contributed by atoms with E-state index < -0.39 is 0 Å². The third-order valence-electron chi connectivity index (χ3n) is 1.04. The van der Waals surface area contributed by atoms with Gasteiger partial charge in [0.25, 0.3) is 0 Å². The van der Waals surface area contributed by atoms with Crippen molar-refractivity contribution in [1.29, 1.82) is 0 Å². The molecule has 0 unspecified atom stereocenters. The predicted octanol–water partition coefficient (Wildman–Crippen LogP) is 1.90. The van der Waals surface area contributed by atoms with E-state index in [1.54, 1.807) is 0 Å². The van der Waals surface area contributed by atoms with Gasteiger partial charge in [-0.3, -0.25) is 0 Å². The summed E-state index contributed by atoms with van der Waals surface area (Å²) in [5, 5.41) is 0. The van der Waals surface area contributed by atoms with Crippen molar-refractivity contribution in [2.75, 3.05) is 0 Å². The van der Waals surface area contributed by atoms with Crippen molar-refractivity contribution in [3.05, 3.63) is 23.8 Å². The van der Waals surface area contributed by atoms with Crippen molar-refractivity contribution in [1.82, 2.24) is 0 Å². The summed E-state index contributed by atoms with van der Waals surface area (Å²) in [6.07, 6.45) is 7.34. The molecular weight excluding hydrogens is 96.1 g/mol. The molecule has 0 saturated heterocycles. The summed E-state index contributed by atoms with van der Waals surface area (Å²) in [6, 6.07) is 0. The zero-order valence-corrected chi connectivity index (χ0v) is 4.94. The summed E-state index contributed by atoms with van der Waals surface area (Å²) < 4.78 is 0. The van der Waals surface area contributed by atoms with Crippen LogP contribution < -0.4 is 0 Å². The average molecular weight is 104 g/mol. The molecule has 1 rings (SSSR count). The van der Waals surface area contributed by atoms with E-state index in [0.29, 0.717) is 0 Å². The fourth-order valence-corrected chi connectivity index (χ4v) is 0.695. The summed E-state index contributed by atoms with van der Waals surface area (Å²) in [7, 11) is 0. The van der Waals surface area contributed by atoms with Crippen LogP contribution in [0.2, 0.25) is 0 Å². The molecule has 0 heteroatoms. The number of rotatable bonds is 0. The van der Waals surface area contributed by atoms with Crippen LogP contribution >= 0.6 is 0 Å². The Morgan fingerprint density at radius 3 is 3.00 bits per heavy atom. The number of allylic oxidation sites excluding steroid dienone is 4. The minimum atomic E-state index is 1.06. The smallest absolute Gasteiger partial charge is 0.0205 e. The highest BCUT2D eigenvalue weighted by Gasteiger charge is 1.88. The summed E-state index contributed by atoms with van der Waals surface area (Å²) in [5.41, 5.74) is 1.16. The van der Waals surface area contributed by atoms with Gasteiger partial charge >= 0.3 is 0 Å². The Morgan fingerprint density at radius 1 is 1.62 bits per heavy atom. The largest absolute Gasteiger partial charge is 0.101 e. The van der Waals surface area contributed by atoms with Crippen LogP contribution in [0, 0.1) is 11.8 Å². The molecule has 0 heterocycles. The molecule has 0 aromatic heterocycles. The van der Waals surface area contributed by atoms with Gasteiger partial charge in [0.2, 0.25) is 0 Å². The van der Waals surface area contributed by atoms with Gasteiger partial charge in [-0.25, -0.2) is 0 Å². The van der Waals surface area contributed by atoms with Crippen molar-refractivity contribution in [2.45, 2.75) is 13.3 Å². The van der Waals surface area contributed by atoms with Crippen LogP contribution in [-0.4, -0.2) is 0 Å². The lowest BCUT2D eigenvalue weighted by molar-refractivity contribution is 1.44. The lowest BCUT2D eigenvalue weighted by Crippen LogP contribution is -1.61. The van der Waals surface area contributed by atoms with E-state index in [2.05, 4.69) is 30.1 Å². The highest BCUT2D eigenvalue weighted by atomic mass is 13.9. The summed E-state index contributed by atoms with van der Waals surface area (Å²) in [6.45, 7) is 1.85. The molecule has 0 fully saturated rings. The second-order valence-electron chi connectivity index (χ2n) is 1.67. The van der Waals surface area contributed by atoms with Gasteiger partial charge in [-0.2, -0.15) is 0 Å². The van der Waals surface area contributed by atoms with E-state index in [9.17, 15) is 0 Å². The molecule has 0 nitrogen and oxygen atoms in total. The first-order chi connectivity index (χ1) is 3.93. The summed E-state index contributed by atoms with van der Waals surface area (Å²) in [5.74, 6) is 5.81.